The molecule has 0 aromatic heterocycles. The number of hydrogen-bond donors (Lipinski definition) is 2. The van der Waals surface area contributed by atoms with Gasteiger partial charge in [0, 0.05) is 6.04 Å². The maximum Gasteiger partial charge on any atom is 0.312 e. The first kappa shape index (κ1) is 15.4. The molecule has 106 valence electrons. The number of ether oxygens (including phenoxy) is 1. The summed E-state index contributed by atoms with van der Waals surface area (Å²) in [6.45, 7) is 4.98. The number of halogens is 1. The van der Waals surface area contributed by atoms with E-state index in [2.05, 4.69) is 0 Å². The van der Waals surface area contributed by atoms with Crippen LogP contribution < -0.4 is 10.5 Å². The largest absolute Gasteiger partial charge is 0.492 e. The van der Waals surface area contributed by atoms with E-state index in [-0.39, 0.29) is 18.5 Å². The second-order valence-corrected chi connectivity index (χ2v) is 5.41. The molecule has 1 rings (SSSR count). The summed E-state index contributed by atoms with van der Waals surface area (Å²) in [6.07, 6.45) is 0.473. The van der Waals surface area contributed by atoms with Gasteiger partial charge in [-0.05, 0) is 51.0 Å². The van der Waals surface area contributed by atoms with Gasteiger partial charge in [0.05, 0.1) is 5.41 Å². The maximum absolute atomic E-state index is 13.2. The standard InChI is InChI=1S/C14H20FNO3/c1-9(16)6-10-7-11(15)4-5-12(10)19-8-14(2,3)13(17)18/h4-5,7,9H,6,8,16H2,1-3H3,(H,17,18). The first-order valence-electron chi connectivity index (χ1n) is 6.12. The van der Waals surface area contributed by atoms with Crippen LogP contribution in [-0.2, 0) is 11.2 Å². The predicted molar refractivity (Wildman–Crippen MR) is 70.7 cm³/mol. The maximum atomic E-state index is 13.2. The van der Waals surface area contributed by atoms with Crippen molar-refractivity contribution in [1.29, 1.82) is 0 Å². The molecule has 0 aliphatic heterocycles. The molecule has 5 heteroatoms. The molecule has 0 bridgehead atoms. The molecule has 0 radical (unpaired) electrons. The Balaban J connectivity index is 2.86. The summed E-state index contributed by atoms with van der Waals surface area (Å²) in [6, 6.07) is 4.03. The van der Waals surface area contributed by atoms with Crippen molar-refractivity contribution in [2.75, 3.05) is 6.61 Å². The molecule has 4 nitrogen and oxygen atoms in total. The molecule has 0 aliphatic carbocycles. The van der Waals surface area contributed by atoms with Gasteiger partial charge in [0.25, 0.3) is 0 Å². The van der Waals surface area contributed by atoms with E-state index in [1.54, 1.807) is 13.8 Å². The van der Waals surface area contributed by atoms with Crippen molar-refractivity contribution in [3.05, 3.63) is 29.6 Å². The van der Waals surface area contributed by atoms with Gasteiger partial charge < -0.3 is 15.6 Å². The number of carbonyl (C=O) groups is 1. The molecule has 1 unspecified atom stereocenters. The van der Waals surface area contributed by atoms with Gasteiger partial charge in [-0.15, -0.1) is 0 Å². The smallest absolute Gasteiger partial charge is 0.312 e. The van der Waals surface area contributed by atoms with E-state index < -0.39 is 11.4 Å². The summed E-state index contributed by atoms with van der Waals surface area (Å²) in [5.74, 6) is -0.822. The minimum absolute atomic E-state index is 0.0138. The van der Waals surface area contributed by atoms with Crippen molar-refractivity contribution >= 4 is 5.97 Å². The van der Waals surface area contributed by atoms with E-state index >= 15 is 0 Å². The number of nitrogens with two attached hydrogens (primary N) is 1. The van der Waals surface area contributed by atoms with Gasteiger partial charge in [-0.1, -0.05) is 0 Å². The highest BCUT2D eigenvalue weighted by Gasteiger charge is 2.28. The van der Waals surface area contributed by atoms with E-state index in [0.29, 0.717) is 17.7 Å². The summed E-state index contributed by atoms with van der Waals surface area (Å²) in [5.41, 5.74) is 5.35. The van der Waals surface area contributed by atoms with E-state index in [1.807, 2.05) is 6.92 Å². The van der Waals surface area contributed by atoms with Crippen LogP contribution in [0.4, 0.5) is 4.39 Å². The van der Waals surface area contributed by atoms with Gasteiger partial charge in [-0.2, -0.15) is 0 Å². The Kier molecular flexibility index (Phi) is 4.89. The number of carboxylic acid groups (broad SMARTS) is 1. The van der Waals surface area contributed by atoms with Crippen molar-refractivity contribution in [2.24, 2.45) is 11.1 Å². The topological polar surface area (TPSA) is 72.5 Å². The summed E-state index contributed by atoms with van der Waals surface area (Å²) >= 11 is 0. The highest BCUT2D eigenvalue weighted by atomic mass is 19.1. The molecule has 1 atom stereocenters. The molecule has 0 amide bonds. The van der Waals surface area contributed by atoms with Crippen LogP contribution >= 0.6 is 0 Å². The Labute approximate surface area is 112 Å². The highest BCUT2D eigenvalue weighted by molar-refractivity contribution is 5.73. The Bertz CT molecular complexity index is 458. The van der Waals surface area contributed by atoms with Crippen molar-refractivity contribution in [2.45, 2.75) is 33.2 Å². The van der Waals surface area contributed by atoms with E-state index in [4.69, 9.17) is 15.6 Å². The third-order valence-electron chi connectivity index (χ3n) is 2.73. The Morgan fingerprint density at radius 3 is 2.68 bits per heavy atom. The third-order valence-corrected chi connectivity index (χ3v) is 2.73. The Morgan fingerprint density at radius 1 is 1.53 bits per heavy atom. The van der Waals surface area contributed by atoms with Gasteiger partial charge in [0.2, 0.25) is 0 Å². The van der Waals surface area contributed by atoms with Crippen LogP contribution in [0, 0.1) is 11.2 Å². The predicted octanol–water partition coefficient (Wildman–Crippen LogP) is 2.21. The lowest BCUT2D eigenvalue weighted by Crippen LogP contribution is -2.31. The van der Waals surface area contributed by atoms with Gasteiger partial charge in [0.15, 0.2) is 0 Å². The molecule has 0 heterocycles. The van der Waals surface area contributed by atoms with Gasteiger partial charge >= 0.3 is 5.97 Å². The molecule has 0 saturated heterocycles. The van der Waals surface area contributed by atoms with Gasteiger partial charge in [-0.25, -0.2) is 4.39 Å². The molecule has 0 spiro atoms. The number of benzene rings is 1. The zero-order valence-corrected chi connectivity index (χ0v) is 11.4. The molecule has 1 aromatic rings. The summed E-state index contributed by atoms with van der Waals surface area (Å²) < 4.78 is 18.7. The van der Waals surface area contributed by atoms with Crippen LogP contribution in [0.5, 0.6) is 5.75 Å². The molecule has 3 N–H and O–H groups in total. The van der Waals surface area contributed by atoms with Crippen LogP contribution in [0.15, 0.2) is 18.2 Å². The zero-order valence-electron chi connectivity index (χ0n) is 11.4. The second-order valence-electron chi connectivity index (χ2n) is 5.41. The number of rotatable bonds is 6. The molecular formula is C14H20FNO3. The Morgan fingerprint density at radius 2 is 2.16 bits per heavy atom. The lowest BCUT2D eigenvalue weighted by atomic mass is 9.95. The minimum atomic E-state index is -1.00. The highest BCUT2D eigenvalue weighted by Crippen LogP contribution is 2.24. The Hall–Kier alpha value is -1.62. The summed E-state index contributed by atoms with van der Waals surface area (Å²) in [4.78, 5) is 11.0. The second kappa shape index (κ2) is 6.02. The molecule has 19 heavy (non-hydrogen) atoms. The first-order chi connectivity index (χ1) is 8.72. The fourth-order valence-corrected chi connectivity index (χ4v) is 1.52. The number of carboxylic acids is 1. The van der Waals surface area contributed by atoms with Crippen molar-refractivity contribution in [3.8, 4) is 5.75 Å². The lowest BCUT2D eigenvalue weighted by molar-refractivity contribution is -0.148. The molecule has 1 aromatic carbocycles. The van der Waals surface area contributed by atoms with Gasteiger partial charge in [-0.3, -0.25) is 4.79 Å². The van der Waals surface area contributed by atoms with Crippen LogP contribution in [0.1, 0.15) is 26.3 Å². The monoisotopic (exact) mass is 269 g/mol. The van der Waals surface area contributed by atoms with Crippen molar-refractivity contribution < 1.29 is 19.0 Å². The lowest BCUT2D eigenvalue weighted by Gasteiger charge is -2.21. The molecule has 0 fully saturated rings. The third kappa shape index (κ3) is 4.52. The van der Waals surface area contributed by atoms with Crippen LogP contribution in [0.3, 0.4) is 0 Å². The molecular weight excluding hydrogens is 249 g/mol. The SMILES string of the molecule is CC(N)Cc1cc(F)ccc1OCC(C)(C)C(=O)O. The fourth-order valence-electron chi connectivity index (χ4n) is 1.52. The molecule has 0 saturated carbocycles. The first-order valence-corrected chi connectivity index (χ1v) is 6.12. The quantitative estimate of drug-likeness (QED) is 0.830. The fraction of sp³-hybridized carbons (Fsp3) is 0.500. The summed E-state index contributed by atoms with van der Waals surface area (Å²) in [5, 5.41) is 9.02. The summed E-state index contributed by atoms with van der Waals surface area (Å²) in [7, 11) is 0. The van der Waals surface area contributed by atoms with Gasteiger partial charge in [0.1, 0.15) is 18.2 Å². The number of hydrogen-bond acceptors (Lipinski definition) is 3. The van der Waals surface area contributed by atoms with E-state index in [0.717, 1.165) is 0 Å². The van der Waals surface area contributed by atoms with E-state index in [9.17, 15) is 9.18 Å². The van der Waals surface area contributed by atoms with E-state index in [1.165, 1.54) is 18.2 Å². The molecule has 0 aliphatic rings. The zero-order chi connectivity index (χ0) is 14.6. The number of aliphatic carboxylic acids is 1. The van der Waals surface area contributed by atoms with Crippen LogP contribution in [-0.4, -0.2) is 23.7 Å². The van der Waals surface area contributed by atoms with Crippen LogP contribution in [0.25, 0.3) is 0 Å². The average molecular weight is 269 g/mol. The van der Waals surface area contributed by atoms with Crippen LogP contribution in [0.2, 0.25) is 0 Å². The minimum Gasteiger partial charge on any atom is -0.492 e. The van der Waals surface area contributed by atoms with Crippen molar-refractivity contribution in [3.63, 3.8) is 0 Å². The van der Waals surface area contributed by atoms with Crippen molar-refractivity contribution in [1.82, 2.24) is 0 Å². The average Bonchev–Trinajstić information content (AvgIpc) is 2.26. The normalized spacial score (nSPS) is 13.1.